The molecule has 4 heteroatoms. The van der Waals surface area contributed by atoms with E-state index in [1.165, 1.54) is 32.1 Å². The van der Waals surface area contributed by atoms with Crippen LogP contribution in [0.1, 0.15) is 44.1 Å². The molecule has 21 heavy (non-hydrogen) atoms. The van der Waals surface area contributed by atoms with Gasteiger partial charge in [0.1, 0.15) is 5.82 Å². The molecule has 0 saturated heterocycles. The van der Waals surface area contributed by atoms with Crippen LogP contribution in [0.5, 0.6) is 0 Å². The molecule has 2 N–H and O–H groups in total. The van der Waals surface area contributed by atoms with E-state index in [1.54, 1.807) is 12.1 Å². The zero-order valence-electron chi connectivity index (χ0n) is 12.5. The lowest BCUT2D eigenvalue weighted by molar-refractivity contribution is 0.283. The lowest BCUT2D eigenvalue weighted by atomic mass is 9.90. The largest absolute Gasteiger partial charge is 0.396 e. The Bertz CT molecular complexity index is 472. The van der Waals surface area contributed by atoms with Crippen molar-refractivity contribution >= 4 is 5.69 Å². The van der Waals surface area contributed by atoms with Crippen molar-refractivity contribution in [1.82, 2.24) is 5.32 Å². The molecule has 0 atom stereocenters. The number of aliphatic hydroxyl groups excluding tert-OH is 1. The Morgan fingerprint density at radius 2 is 2.05 bits per heavy atom. The molecule has 1 aromatic rings. The summed E-state index contributed by atoms with van der Waals surface area (Å²) in [6.07, 6.45) is 6.77. The van der Waals surface area contributed by atoms with E-state index in [1.807, 2.05) is 6.07 Å². The molecule has 0 radical (unpaired) electrons. The van der Waals surface area contributed by atoms with E-state index in [0.717, 1.165) is 24.2 Å². The van der Waals surface area contributed by atoms with Gasteiger partial charge in [-0.1, -0.05) is 6.07 Å². The molecule has 0 aromatic heterocycles. The molecular weight excluding hydrogens is 267 g/mol. The molecule has 3 rings (SSSR count). The molecule has 3 nitrogen and oxygen atoms in total. The van der Waals surface area contributed by atoms with Crippen LogP contribution in [0.3, 0.4) is 0 Å². The van der Waals surface area contributed by atoms with E-state index < -0.39 is 0 Å². The Morgan fingerprint density at radius 1 is 1.24 bits per heavy atom. The summed E-state index contributed by atoms with van der Waals surface area (Å²) in [5.41, 5.74) is 1.80. The first kappa shape index (κ1) is 14.8. The van der Waals surface area contributed by atoms with Crippen LogP contribution in [0.4, 0.5) is 10.1 Å². The number of rotatable bonds is 8. The minimum absolute atomic E-state index is 0.117. The SMILES string of the molecule is OCCCN(c1cccc(F)c1CNC1CC1)C1CCC1. The van der Waals surface area contributed by atoms with Crippen molar-refractivity contribution in [3.05, 3.63) is 29.6 Å². The zero-order valence-corrected chi connectivity index (χ0v) is 12.5. The summed E-state index contributed by atoms with van der Waals surface area (Å²) < 4.78 is 14.3. The van der Waals surface area contributed by atoms with Gasteiger partial charge in [-0.25, -0.2) is 4.39 Å². The van der Waals surface area contributed by atoms with Crippen molar-refractivity contribution in [2.75, 3.05) is 18.1 Å². The second-order valence-corrected chi connectivity index (χ2v) is 6.25. The van der Waals surface area contributed by atoms with Gasteiger partial charge in [-0.15, -0.1) is 0 Å². The quantitative estimate of drug-likeness (QED) is 0.773. The monoisotopic (exact) mass is 292 g/mol. The van der Waals surface area contributed by atoms with Crippen LogP contribution in [0.2, 0.25) is 0 Å². The highest BCUT2D eigenvalue weighted by Crippen LogP contribution is 2.33. The maximum Gasteiger partial charge on any atom is 0.129 e. The van der Waals surface area contributed by atoms with Gasteiger partial charge in [0, 0.05) is 43.0 Å². The van der Waals surface area contributed by atoms with Gasteiger partial charge in [0.25, 0.3) is 0 Å². The fourth-order valence-corrected chi connectivity index (χ4v) is 2.96. The zero-order chi connectivity index (χ0) is 14.7. The molecule has 0 unspecified atom stereocenters. The molecule has 2 saturated carbocycles. The minimum Gasteiger partial charge on any atom is -0.396 e. The Labute approximate surface area is 126 Å². The molecule has 116 valence electrons. The molecule has 0 spiro atoms. The van der Waals surface area contributed by atoms with Crippen molar-refractivity contribution in [3.8, 4) is 0 Å². The Balaban J connectivity index is 1.80. The standard InChI is InChI=1S/C17H25FN2O/c18-16-6-2-7-17(15(16)12-19-13-8-9-13)20(10-3-11-21)14-4-1-5-14/h2,6-7,13-14,19,21H,1,3-5,8-12H2. The maximum atomic E-state index is 14.3. The van der Waals surface area contributed by atoms with E-state index in [-0.39, 0.29) is 12.4 Å². The van der Waals surface area contributed by atoms with Crippen molar-refractivity contribution in [3.63, 3.8) is 0 Å². The van der Waals surface area contributed by atoms with Crippen LogP contribution >= 0.6 is 0 Å². The average Bonchev–Trinajstić information content (AvgIpc) is 3.24. The van der Waals surface area contributed by atoms with Crippen molar-refractivity contribution in [2.45, 2.75) is 57.2 Å². The van der Waals surface area contributed by atoms with Gasteiger partial charge in [0.05, 0.1) is 0 Å². The number of hydrogen-bond donors (Lipinski definition) is 2. The topological polar surface area (TPSA) is 35.5 Å². The highest BCUT2D eigenvalue weighted by atomic mass is 19.1. The van der Waals surface area contributed by atoms with Gasteiger partial charge in [0.15, 0.2) is 0 Å². The number of hydrogen-bond acceptors (Lipinski definition) is 3. The Kier molecular flexibility index (Phi) is 4.76. The van der Waals surface area contributed by atoms with Crippen LogP contribution in [0, 0.1) is 5.82 Å². The summed E-state index contributed by atoms with van der Waals surface area (Å²) in [5.74, 6) is -0.117. The van der Waals surface area contributed by atoms with E-state index in [0.29, 0.717) is 18.6 Å². The Hall–Kier alpha value is -1.13. The first-order chi connectivity index (χ1) is 10.3. The molecule has 0 aliphatic heterocycles. The Morgan fingerprint density at radius 3 is 2.67 bits per heavy atom. The summed E-state index contributed by atoms with van der Waals surface area (Å²) in [5, 5.41) is 12.6. The van der Waals surface area contributed by atoms with Crippen LogP contribution in [0.15, 0.2) is 18.2 Å². The number of aliphatic hydroxyl groups is 1. The van der Waals surface area contributed by atoms with Gasteiger partial charge in [-0.2, -0.15) is 0 Å². The third-order valence-electron chi connectivity index (χ3n) is 4.62. The highest BCUT2D eigenvalue weighted by molar-refractivity contribution is 5.55. The fraction of sp³-hybridized carbons (Fsp3) is 0.647. The summed E-state index contributed by atoms with van der Waals surface area (Å²) in [6, 6.07) is 6.47. The summed E-state index contributed by atoms with van der Waals surface area (Å²) in [4.78, 5) is 2.31. The van der Waals surface area contributed by atoms with E-state index in [4.69, 9.17) is 5.11 Å². The third kappa shape index (κ3) is 3.55. The van der Waals surface area contributed by atoms with Gasteiger partial charge < -0.3 is 15.3 Å². The first-order valence-electron chi connectivity index (χ1n) is 8.18. The van der Waals surface area contributed by atoms with Crippen molar-refractivity contribution in [1.29, 1.82) is 0 Å². The van der Waals surface area contributed by atoms with Crippen LogP contribution in [0.25, 0.3) is 0 Å². The predicted molar refractivity (Wildman–Crippen MR) is 82.9 cm³/mol. The molecule has 0 heterocycles. The number of halogens is 1. The van der Waals surface area contributed by atoms with E-state index in [9.17, 15) is 4.39 Å². The highest BCUT2D eigenvalue weighted by Gasteiger charge is 2.28. The number of nitrogens with zero attached hydrogens (tertiary/aromatic N) is 1. The molecule has 1 aromatic carbocycles. The number of nitrogens with one attached hydrogen (secondary N) is 1. The molecule has 0 amide bonds. The second-order valence-electron chi connectivity index (χ2n) is 6.25. The maximum absolute atomic E-state index is 14.3. The molecule has 0 bridgehead atoms. The molecular formula is C17H25FN2O. The van der Waals surface area contributed by atoms with Crippen LogP contribution in [-0.2, 0) is 6.54 Å². The smallest absolute Gasteiger partial charge is 0.129 e. The molecule has 2 aliphatic carbocycles. The summed E-state index contributed by atoms with van der Waals surface area (Å²) in [7, 11) is 0. The normalized spacial score (nSPS) is 18.6. The van der Waals surface area contributed by atoms with Gasteiger partial charge >= 0.3 is 0 Å². The molecule has 2 aliphatic rings. The number of benzene rings is 1. The van der Waals surface area contributed by atoms with Crippen molar-refractivity contribution in [2.24, 2.45) is 0 Å². The second kappa shape index (κ2) is 6.75. The summed E-state index contributed by atoms with van der Waals surface area (Å²) in [6.45, 7) is 1.60. The van der Waals surface area contributed by atoms with Crippen molar-refractivity contribution < 1.29 is 9.50 Å². The van der Waals surface area contributed by atoms with Gasteiger partial charge in [0.2, 0.25) is 0 Å². The first-order valence-corrected chi connectivity index (χ1v) is 8.18. The van der Waals surface area contributed by atoms with E-state index in [2.05, 4.69) is 10.2 Å². The van der Waals surface area contributed by atoms with Gasteiger partial charge in [-0.3, -0.25) is 0 Å². The van der Waals surface area contributed by atoms with Gasteiger partial charge in [-0.05, 0) is 50.7 Å². The fourth-order valence-electron chi connectivity index (χ4n) is 2.96. The lowest BCUT2D eigenvalue weighted by Crippen LogP contribution is -2.42. The average molecular weight is 292 g/mol. The number of anilines is 1. The molecule has 2 fully saturated rings. The summed E-state index contributed by atoms with van der Waals surface area (Å²) >= 11 is 0. The third-order valence-corrected chi connectivity index (χ3v) is 4.62. The lowest BCUT2D eigenvalue weighted by Gasteiger charge is -2.40. The predicted octanol–water partition coefficient (Wildman–Crippen LogP) is 2.82. The van der Waals surface area contributed by atoms with Crippen LogP contribution in [-0.4, -0.2) is 30.3 Å². The van der Waals surface area contributed by atoms with E-state index >= 15 is 0 Å². The van der Waals surface area contributed by atoms with Crippen LogP contribution < -0.4 is 10.2 Å². The minimum atomic E-state index is -0.117.